The fourth-order valence-electron chi connectivity index (χ4n) is 2.92. The Kier molecular flexibility index (Phi) is 7.30. The summed E-state index contributed by atoms with van der Waals surface area (Å²) in [4.78, 5) is 48.5. The van der Waals surface area contributed by atoms with E-state index in [4.69, 9.17) is 4.74 Å². The number of benzene rings is 1. The molecule has 10 heteroatoms. The molecule has 0 aliphatic carbocycles. The molecule has 2 amide bonds. The lowest BCUT2D eigenvalue weighted by Gasteiger charge is -2.20. The second-order valence-corrected chi connectivity index (χ2v) is 6.41. The highest BCUT2D eigenvalue weighted by Gasteiger charge is 2.24. The summed E-state index contributed by atoms with van der Waals surface area (Å²) in [6.45, 7) is 4.58. The van der Waals surface area contributed by atoms with E-state index in [0.717, 1.165) is 32.0 Å². The molecule has 2 rings (SSSR count). The van der Waals surface area contributed by atoms with Crippen LogP contribution < -0.4 is 15.5 Å². The van der Waals surface area contributed by atoms with Gasteiger partial charge in [-0.15, -0.1) is 0 Å². The number of nitro benzene ring substituents is 1. The van der Waals surface area contributed by atoms with E-state index in [9.17, 15) is 24.5 Å². The van der Waals surface area contributed by atoms with Crippen LogP contribution in [-0.4, -0.2) is 55.0 Å². The first kappa shape index (κ1) is 21.1. The van der Waals surface area contributed by atoms with E-state index in [1.54, 1.807) is 6.92 Å². The monoisotopic (exact) mass is 392 g/mol. The van der Waals surface area contributed by atoms with Crippen LogP contribution in [0, 0.1) is 10.1 Å². The molecule has 0 saturated carbocycles. The third-order valence-electron chi connectivity index (χ3n) is 4.31. The van der Waals surface area contributed by atoms with Crippen LogP contribution >= 0.6 is 0 Å². The molecule has 152 valence electrons. The summed E-state index contributed by atoms with van der Waals surface area (Å²) in [5.74, 6) is -1.82. The maximum atomic E-state index is 12.5. The topological polar surface area (TPSA) is 131 Å². The molecular formula is C18H24N4O6. The highest BCUT2D eigenvalue weighted by Crippen LogP contribution is 2.28. The van der Waals surface area contributed by atoms with Crippen LogP contribution in [0.2, 0.25) is 0 Å². The van der Waals surface area contributed by atoms with Gasteiger partial charge in [-0.2, -0.15) is 0 Å². The summed E-state index contributed by atoms with van der Waals surface area (Å²) in [5.41, 5.74) is 0.356. The Morgan fingerprint density at radius 3 is 2.57 bits per heavy atom. The Morgan fingerprint density at radius 2 is 1.96 bits per heavy atom. The minimum absolute atomic E-state index is 0.0423. The number of hydrogen-bond donors (Lipinski definition) is 2. The number of ether oxygens (including phenoxy) is 1. The minimum Gasteiger partial charge on any atom is -0.452 e. The van der Waals surface area contributed by atoms with Crippen LogP contribution in [0.4, 0.5) is 11.4 Å². The number of likely N-dealkylation sites (N-methyl/N-ethyl adjacent to an activating group) is 1. The van der Waals surface area contributed by atoms with Gasteiger partial charge in [0, 0.05) is 31.8 Å². The van der Waals surface area contributed by atoms with Crippen LogP contribution in [0.15, 0.2) is 18.2 Å². The number of nitrogens with zero attached hydrogens (tertiary/aromatic N) is 2. The van der Waals surface area contributed by atoms with Gasteiger partial charge in [0.2, 0.25) is 5.91 Å². The second kappa shape index (κ2) is 9.67. The fourth-order valence-corrected chi connectivity index (χ4v) is 2.92. The molecule has 1 atom stereocenters. The third-order valence-corrected chi connectivity index (χ3v) is 4.31. The van der Waals surface area contributed by atoms with E-state index in [-0.39, 0.29) is 17.2 Å². The lowest BCUT2D eigenvalue weighted by molar-refractivity contribution is -0.384. The first-order valence-electron chi connectivity index (χ1n) is 9.11. The molecule has 0 spiro atoms. The fraction of sp³-hybridized carbons (Fsp3) is 0.500. The van der Waals surface area contributed by atoms with Crippen LogP contribution in [0.5, 0.6) is 0 Å². The van der Waals surface area contributed by atoms with Crippen molar-refractivity contribution in [3.05, 3.63) is 33.9 Å². The summed E-state index contributed by atoms with van der Waals surface area (Å²) in [5, 5.41) is 16.0. The van der Waals surface area contributed by atoms with Crippen molar-refractivity contribution in [3.8, 4) is 0 Å². The number of anilines is 1. The molecule has 1 aliphatic heterocycles. The quantitative estimate of drug-likeness (QED) is 0.383. The maximum Gasteiger partial charge on any atom is 0.341 e. The van der Waals surface area contributed by atoms with Gasteiger partial charge in [0.1, 0.15) is 6.04 Å². The van der Waals surface area contributed by atoms with Crippen LogP contribution in [0.3, 0.4) is 0 Å². The summed E-state index contributed by atoms with van der Waals surface area (Å²) in [7, 11) is 0. The number of carbonyl (C=O) groups is 3. The zero-order valence-corrected chi connectivity index (χ0v) is 15.9. The highest BCUT2D eigenvalue weighted by molar-refractivity contribution is 5.98. The summed E-state index contributed by atoms with van der Waals surface area (Å²) in [6.07, 6.45) is 1.93. The first-order valence-corrected chi connectivity index (χ1v) is 9.11. The van der Waals surface area contributed by atoms with E-state index in [1.165, 1.54) is 19.1 Å². The van der Waals surface area contributed by atoms with Crippen LogP contribution in [0.1, 0.15) is 37.0 Å². The van der Waals surface area contributed by atoms with Crippen molar-refractivity contribution in [3.63, 3.8) is 0 Å². The second-order valence-electron chi connectivity index (χ2n) is 6.41. The molecule has 1 fully saturated rings. The Bertz CT molecular complexity index is 760. The molecule has 1 heterocycles. The summed E-state index contributed by atoms with van der Waals surface area (Å²) in [6, 6.07) is 3.25. The Hall–Kier alpha value is -3.17. The van der Waals surface area contributed by atoms with E-state index >= 15 is 0 Å². The molecule has 2 N–H and O–H groups in total. The van der Waals surface area contributed by atoms with E-state index in [0.29, 0.717) is 12.2 Å². The molecule has 1 aliphatic rings. The number of amides is 2. The van der Waals surface area contributed by atoms with E-state index in [1.807, 2.05) is 4.90 Å². The van der Waals surface area contributed by atoms with E-state index < -0.39 is 29.4 Å². The number of rotatable bonds is 8. The van der Waals surface area contributed by atoms with Gasteiger partial charge in [0.05, 0.1) is 16.2 Å². The Labute approximate surface area is 162 Å². The number of non-ortho nitro benzene ring substituents is 1. The molecule has 0 unspecified atom stereocenters. The first-order chi connectivity index (χ1) is 13.3. The average Bonchev–Trinajstić information content (AvgIpc) is 3.20. The predicted octanol–water partition coefficient (Wildman–Crippen LogP) is 0.993. The van der Waals surface area contributed by atoms with Crippen molar-refractivity contribution in [1.29, 1.82) is 0 Å². The van der Waals surface area contributed by atoms with Crippen molar-refractivity contribution in [2.45, 2.75) is 32.7 Å². The lowest BCUT2D eigenvalue weighted by atomic mass is 10.1. The molecule has 0 bridgehead atoms. The Balaban J connectivity index is 2.06. The number of esters is 1. The smallest absolute Gasteiger partial charge is 0.341 e. The minimum atomic E-state index is -0.827. The SMILES string of the molecule is CCNC(=O)[C@H](C)NC(=O)COC(=O)c1cc([N+](=O)[O-])ccc1N1CCCC1. The van der Waals surface area contributed by atoms with Crippen molar-refractivity contribution in [2.24, 2.45) is 0 Å². The molecule has 1 aromatic carbocycles. The third kappa shape index (κ3) is 5.41. The van der Waals surface area contributed by atoms with Gasteiger partial charge in [0.15, 0.2) is 6.61 Å². The summed E-state index contributed by atoms with van der Waals surface area (Å²) < 4.78 is 5.03. The van der Waals surface area contributed by atoms with Gasteiger partial charge < -0.3 is 20.3 Å². The van der Waals surface area contributed by atoms with Crippen LogP contribution in [0.25, 0.3) is 0 Å². The normalized spacial score (nSPS) is 14.3. The largest absolute Gasteiger partial charge is 0.452 e. The van der Waals surface area contributed by atoms with Gasteiger partial charge in [-0.05, 0) is 32.8 Å². The number of hydrogen-bond acceptors (Lipinski definition) is 7. The number of nitrogens with one attached hydrogen (secondary N) is 2. The lowest BCUT2D eigenvalue weighted by Crippen LogP contribution is -2.46. The number of carbonyl (C=O) groups excluding carboxylic acids is 3. The average molecular weight is 392 g/mol. The van der Waals surface area contributed by atoms with Gasteiger partial charge in [-0.1, -0.05) is 0 Å². The standard InChI is InChI=1S/C18H24N4O6/c1-3-19-17(24)12(2)20-16(23)11-28-18(25)14-10-13(22(26)27)6-7-15(14)21-8-4-5-9-21/h6-7,10,12H,3-5,8-9,11H2,1-2H3,(H,19,24)(H,20,23)/t12-/m0/s1. The maximum absolute atomic E-state index is 12.5. The molecular weight excluding hydrogens is 368 g/mol. The van der Waals surface area contributed by atoms with E-state index in [2.05, 4.69) is 10.6 Å². The molecule has 10 nitrogen and oxygen atoms in total. The van der Waals surface area contributed by atoms with Crippen LogP contribution in [-0.2, 0) is 14.3 Å². The molecule has 0 radical (unpaired) electrons. The molecule has 28 heavy (non-hydrogen) atoms. The molecule has 1 aromatic rings. The zero-order valence-electron chi connectivity index (χ0n) is 15.9. The molecule has 1 saturated heterocycles. The zero-order chi connectivity index (χ0) is 20.7. The van der Waals surface area contributed by atoms with Crippen molar-refractivity contribution >= 4 is 29.2 Å². The highest BCUT2D eigenvalue weighted by atomic mass is 16.6. The van der Waals surface area contributed by atoms with Crippen molar-refractivity contribution < 1.29 is 24.0 Å². The van der Waals surface area contributed by atoms with Gasteiger partial charge in [-0.3, -0.25) is 19.7 Å². The van der Waals surface area contributed by atoms with Crippen molar-refractivity contribution in [2.75, 3.05) is 31.1 Å². The number of nitro groups is 1. The van der Waals surface area contributed by atoms with Gasteiger partial charge in [-0.25, -0.2) is 4.79 Å². The van der Waals surface area contributed by atoms with Gasteiger partial charge in [0.25, 0.3) is 11.6 Å². The van der Waals surface area contributed by atoms with Crippen molar-refractivity contribution in [1.82, 2.24) is 10.6 Å². The summed E-state index contributed by atoms with van der Waals surface area (Å²) >= 11 is 0. The predicted molar refractivity (Wildman–Crippen MR) is 101 cm³/mol. The van der Waals surface area contributed by atoms with Gasteiger partial charge >= 0.3 is 5.97 Å². The Morgan fingerprint density at radius 1 is 1.29 bits per heavy atom. The molecule has 0 aromatic heterocycles.